The number of phenols is 1. The fourth-order valence-corrected chi connectivity index (χ4v) is 11.5. The number of benzene rings is 3. The van der Waals surface area contributed by atoms with Gasteiger partial charge in [0.15, 0.2) is 11.5 Å². The Morgan fingerprint density at radius 2 is 1.67 bits per heavy atom. The molecule has 10 nitrogen and oxygen atoms in total. The van der Waals surface area contributed by atoms with Crippen LogP contribution >= 0.6 is 50.5 Å². The zero-order valence-corrected chi connectivity index (χ0v) is 33.9. The van der Waals surface area contributed by atoms with Crippen molar-refractivity contribution in [2.24, 2.45) is 36.1 Å². The number of anilines is 2. The molecule has 1 saturated carbocycles. The van der Waals surface area contributed by atoms with Gasteiger partial charge in [0, 0.05) is 43.8 Å². The summed E-state index contributed by atoms with van der Waals surface area (Å²) < 4.78 is 8.73. The smallest absolute Gasteiger partial charge is 0.242 e. The van der Waals surface area contributed by atoms with E-state index < -0.39 is 46.8 Å². The van der Waals surface area contributed by atoms with Gasteiger partial charge < -0.3 is 9.84 Å². The van der Waals surface area contributed by atoms with Gasteiger partial charge in [0.2, 0.25) is 23.6 Å². The molecule has 0 spiro atoms. The normalized spacial score (nSPS) is 26.1. The third-order valence-electron chi connectivity index (χ3n) is 12.2. The summed E-state index contributed by atoms with van der Waals surface area (Å²) >= 11 is 17.6. The molecule has 2 aliphatic carbocycles. The molecule has 6 unspecified atom stereocenters. The molecule has 2 aliphatic heterocycles. The quantitative estimate of drug-likeness (QED) is 0.139. The monoisotopic (exact) mass is 858 g/mol. The number of rotatable bonds is 5. The number of nitrogens with zero attached hydrogens (tertiary/aromatic N) is 4. The van der Waals surface area contributed by atoms with Crippen molar-refractivity contribution < 1.29 is 29.0 Å². The van der Waals surface area contributed by atoms with Gasteiger partial charge in [0.25, 0.3) is 0 Å². The molecule has 1 N–H and O–H groups in total. The maximum Gasteiger partial charge on any atom is 0.242 e. The lowest BCUT2D eigenvalue weighted by molar-refractivity contribution is -0.131. The number of allylic oxidation sites excluding steroid dienone is 2. The first-order chi connectivity index (χ1) is 26.2. The first-order valence-corrected chi connectivity index (χ1v) is 20.1. The molecule has 0 bridgehead atoms. The topological polar surface area (TPSA) is 122 Å². The molecule has 4 heterocycles. The van der Waals surface area contributed by atoms with Crippen LogP contribution in [0.1, 0.15) is 36.8 Å². The van der Waals surface area contributed by atoms with Crippen LogP contribution in [-0.4, -0.2) is 45.6 Å². The minimum Gasteiger partial charge on any atom is -0.504 e. The summed E-state index contributed by atoms with van der Waals surface area (Å²) in [7, 11) is 3.14. The van der Waals surface area contributed by atoms with E-state index in [1.165, 1.54) is 16.9 Å². The van der Waals surface area contributed by atoms with Gasteiger partial charge in [-0.25, -0.2) is 4.90 Å². The Bertz CT molecular complexity index is 2570. The van der Waals surface area contributed by atoms with E-state index in [1.54, 1.807) is 72.5 Å². The molecule has 14 heteroatoms. The van der Waals surface area contributed by atoms with Crippen molar-refractivity contribution in [2.45, 2.75) is 32.6 Å². The van der Waals surface area contributed by atoms with Crippen molar-refractivity contribution >= 4 is 95.7 Å². The molecule has 4 aliphatic rings. The van der Waals surface area contributed by atoms with Gasteiger partial charge in [-0.3, -0.25) is 28.8 Å². The maximum atomic E-state index is 15.2. The number of phenolic OH excluding ortho intramolecular Hbond substituents is 1. The molecule has 2 saturated heterocycles. The highest BCUT2D eigenvalue weighted by Crippen LogP contribution is 2.65. The summed E-state index contributed by atoms with van der Waals surface area (Å²) in [6.07, 6.45) is 2.35. The third kappa shape index (κ3) is 5.14. The Balaban J connectivity index is 1.18. The van der Waals surface area contributed by atoms with Crippen molar-refractivity contribution in [3.8, 4) is 22.1 Å². The van der Waals surface area contributed by atoms with Crippen LogP contribution in [0.15, 0.2) is 76.8 Å². The van der Waals surface area contributed by atoms with Crippen molar-refractivity contribution in [3.63, 3.8) is 0 Å². The zero-order valence-electron chi connectivity index (χ0n) is 30.0. The van der Waals surface area contributed by atoms with Crippen molar-refractivity contribution in [3.05, 3.63) is 98.0 Å². The molecule has 0 radical (unpaired) electrons. The van der Waals surface area contributed by atoms with E-state index >= 15 is 4.79 Å². The molecule has 6 atom stereocenters. The number of halogens is 3. The second-order valence-corrected chi connectivity index (χ2v) is 17.7. The molecule has 280 valence electrons. The summed E-state index contributed by atoms with van der Waals surface area (Å²) in [5, 5.41) is 18.6. The van der Waals surface area contributed by atoms with Crippen molar-refractivity contribution in [1.82, 2.24) is 9.78 Å². The molecule has 3 fully saturated rings. The first kappa shape index (κ1) is 36.2. The number of hydrogen-bond donors (Lipinski definition) is 1. The number of amides is 4. The van der Waals surface area contributed by atoms with Crippen LogP contribution in [0.4, 0.5) is 11.5 Å². The second kappa shape index (κ2) is 12.8. The average Bonchev–Trinajstić information content (AvgIpc) is 3.83. The van der Waals surface area contributed by atoms with Crippen LogP contribution in [0, 0.1) is 36.0 Å². The van der Waals surface area contributed by atoms with Crippen molar-refractivity contribution in [1.29, 1.82) is 0 Å². The minimum absolute atomic E-state index is 0.154. The molecular formula is C41H33BrCl2N4O6S. The maximum absolute atomic E-state index is 15.2. The Morgan fingerprint density at radius 3 is 2.40 bits per heavy atom. The highest BCUT2D eigenvalue weighted by atomic mass is 79.9. The average molecular weight is 861 g/mol. The fourth-order valence-electron chi connectivity index (χ4n) is 9.61. The van der Waals surface area contributed by atoms with Gasteiger partial charge in [-0.15, -0.1) is 11.3 Å². The van der Waals surface area contributed by atoms with Crippen LogP contribution in [-0.2, 0) is 26.2 Å². The van der Waals surface area contributed by atoms with Gasteiger partial charge in [0.05, 0.1) is 40.8 Å². The Morgan fingerprint density at radius 1 is 0.945 bits per heavy atom. The second-order valence-electron chi connectivity index (χ2n) is 14.9. The number of methoxy groups -OCH3 is 1. The number of thiophene rings is 1. The summed E-state index contributed by atoms with van der Waals surface area (Å²) in [6, 6.07) is 17.4. The lowest BCUT2D eigenvalue weighted by Gasteiger charge is -2.49. The standard InChI is InChI=1S/C41H33BrCl2N4O6S/c1-18-25-15-21(44)7-12-31(25)55-36(18)29-17-32(46(3)45-29)48-38(51)28-16-26-23(34(41(28,2)40(48)53)27-13-19(42)14-30(54-4)35(27)49)10-11-24-33(26)39(52)47(37(24)50)22-8-5-20(43)6-9-22/h5-10,12-15,17,24,26,28,33-34,49H,11,16H2,1-4H3. The molecule has 2 aromatic heterocycles. The van der Waals surface area contributed by atoms with Gasteiger partial charge in [-0.05, 0) is 98.2 Å². The molecule has 9 rings (SSSR count). The van der Waals surface area contributed by atoms with Crippen LogP contribution in [0.3, 0.4) is 0 Å². The summed E-state index contributed by atoms with van der Waals surface area (Å²) in [6.45, 7) is 3.77. The van der Waals surface area contributed by atoms with E-state index in [1.807, 2.05) is 31.2 Å². The van der Waals surface area contributed by atoms with E-state index in [-0.39, 0.29) is 36.2 Å². The van der Waals surface area contributed by atoms with E-state index in [0.29, 0.717) is 37.3 Å². The molecule has 55 heavy (non-hydrogen) atoms. The number of hydrogen-bond acceptors (Lipinski definition) is 8. The SMILES string of the molecule is COc1cc(Br)cc(C2C3=CCC4C(=O)N(c5ccc(Cl)cc5)C(=O)C4C3CC3C(=O)N(c4cc(-c5sc6ccc(Cl)cc6c5C)nn4C)C(=O)C32C)c1O. The Labute approximate surface area is 338 Å². The fraction of sp³-hybridized carbons (Fsp3) is 0.293. The number of fused-ring (bicyclic) bond motifs is 5. The van der Waals surface area contributed by atoms with Gasteiger partial charge >= 0.3 is 0 Å². The molecule has 4 amide bonds. The van der Waals surface area contributed by atoms with Crippen LogP contribution in [0.25, 0.3) is 20.7 Å². The largest absolute Gasteiger partial charge is 0.504 e. The van der Waals surface area contributed by atoms with Gasteiger partial charge in [-0.2, -0.15) is 5.10 Å². The number of imide groups is 2. The van der Waals surface area contributed by atoms with Gasteiger partial charge in [-0.1, -0.05) is 50.8 Å². The van der Waals surface area contributed by atoms with E-state index in [2.05, 4.69) is 15.9 Å². The Hall–Kier alpha value is -4.49. The number of aromatic nitrogens is 2. The number of carbonyl (C=O) groups is 4. The summed E-state index contributed by atoms with van der Waals surface area (Å²) in [5.41, 5.74) is 1.74. The predicted octanol–water partition coefficient (Wildman–Crippen LogP) is 8.83. The molecule has 3 aromatic carbocycles. The highest BCUT2D eigenvalue weighted by molar-refractivity contribution is 9.10. The summed E-state index contributed by atoms with van der Waals surface area (Å²) in [4.78, 5) is 61.9. The number of aromatic hydroxyl groups is 1. The zero-order chi connectivity index (χ0) is 38.8. The number of carbonyl (C=O) groups excluding carboxylic acids is 4. The Kier molecular flexibility index (Phi) is 8.40. The first-order valence-electron chi connectivity index (χ1n) is 17.8. The van der Waals surface area contributed by atoms with Crippen LogP contribution in [0.2, 0.25) is 10.0 Å². The lowest BCUT2D eigenvalue weighted by atomic mass is 9.51. The van der Waals surface area contributed by atoms with E-state index in [0.717, 1.165) is 26.1 Å². The van der Waals surface area contributed by atoms with Gasteiger partial charge in [0.1, 0.15) is 11.5 Å². The number of ether oxygens (including phenoxy) is 1. The molecular weight excluding hydrogens is 827 g/mol. The van der Waals surface area contributed by atoms with E-state index in [4.69, 9.17) is 33.0 Å². The number of aryl methyl sites for hydroxylation is 2. The lowest BCUT2D eigenvalue weighted by Crippen LogP contribution is -2.49. The highest BCUT2D eigenvalue weighted by Gasteiger charge is 2.68. The van der Waals surface area contributed by atoms with Crippen LogP contribution < -0.4 is 14.5 Å². The van der Waals surface area contributed by atoms with Crippen LogP contribution in [0.5, 0.6) is 11.5 Å². The van der Waals surface area contributed by atoms with Crippen molar-refractivity contribution in [2.75, 3.05) is 16.9 Å². The molecule has 5 aromatic rings. The summed E-state index contributed by atoms with van der Waals surface area (Å²) in [5.74, 6) is -5.01. The predicted molar refractivity (Wildman–Crippen MR) is 215 cm³/mol. The minimum atomic E-state index is -1.40. The third-order valence-corrected chi connectivity index (χ3v) is 14.4. The van der Waals surface area contributed by atoms with E-state index in [9.17, 15) is 19.5 Å².